The van der Waals surface area contributed by atoms with Gasteiger partial charge >= 0.3 is 0 Å². The van der Waals surface area contributed by atoms with E-state index in [1.54, 1.807) is 49.6 Å². The van der Waals surface area contributed by atoms with Crippen LogP contribution in [0.2, 0.25) is 0 Å². The van der Waals surface area contributed by atoms with Gasteiger partial charge in [-0.1, -0.05) is 12.1 Å². The molecule has 202 valence electrons. The zero-order chi connectivity index (χ0) is 27.4. The van der Waals surface area contributed by atoms with Crippen LogP contribution in [-0.4, -0.2) is 64.4 Å². The zero-order valence-corrected chi connectivity index (χ0v) is 22.0. The fraction of sp³-hybridized carbons (Fsp3) is 0.214. The molecule has 0 bridgehead atoms. The van der Waals surface area contributed by atoms with E-state index in [4.69, 9.17) is 13.9 Å². The van der Waals surface area contributed by atoms with Gasteiger partial charge in [0.05, 0.1) is 37.5 Å². The van der Waals surface area contributed by atoms with E-state index in [9.17, 15) is 18.0 Å². The predicted molar refractivity (Wildman–Crippen MR) is 146 cm³/mol. The first kappa shape index (κ1) is 26.4. The Kier molecular flexibility index (Phi) is 7.64. The zero-order valence-electron chi connectivity index (χ0n) is 21.2. The Morgan fingerprint density at radius 3 is 2.33 bits per heavy atom. The molecule has 0 atom stereocenters. The quantitative estimate of drug-likeness (QED) is 0.300. The number of benzene rings is 3. The maximum Gasteiger partial charge on any atom is 0.293 e. The molecule has 11 heteroatoms. The summed E-state index contributed by atoms with van der Waals surface area (Å²) in [5.74, 6) is -0.0720. The first-order chi connectivity index (χ1) is 18.9. The number of sulfonamides is 1. The Bertz CT molecular complexity index is 1590. The summed E-state index contributed by atoms with van der Waals surface area (Å²) in [6.07, 6.45) is 0. The van der Waals surface area contributed by atoms with Crippen molar-refractivity contribution in [3.8, 4) is 5.75 Å². The summed E-state index contributed by atoms with van der Waals surface area (Å²) in [5, 5.41) is 6.50. The minimum absolute atomic E-state index is 0.0340. The summed E-state index contributed by atoms with van der Waals surface area (Å²) < 4.78 is 43.3. The first-order valence-electron chi connectivity index (χ1n) is 12.3. The molecule has 0 spiro atoms. The van der Waals surface area contributed by atoms with Crippen molar-refractivity contribution in [2.75, 3.05) is 50.6 Å². The highest BCUT2D eigenvalue weighted by Gasteiger charge is 2.26. The molecule has 2 N–H and O–H groups in total. The Hall–Kier alpha value is -4.19. The summed E-state index contributed by atoms with van der Waals surface area (Å²) in [7, 11) is -2.10. The molecule has 1 aliphatic heterocycles. The summed E-state index contributed by atoms with van der Waals surface area (Å²) in [6.45, 7) is 1.15. The molecule has 10 nitrogen and oxygen atoms in total. The molecule has 1 aromatic heterocycles. The third kappa shape index (κ3) is 5.65. The average molecular weight is 550 g/mol. The number of amides is 1. The molecule has 1 amide bonds. The SMILES string of the molecule is COc1ccc(NC(=O)c2oc3ccccc3c2NCC(=O)c2ccc(S(=O)(=O)N3CCOCC3)cc2)cc1. The fourth-order valence-electron chi connectivity index (χ4n) is 4.26. The number of ether oxygens (including phenoxy) is 2. The van der Waals surface area contributed by atoms with Gasteiger partial charge in [-0.2, -0.15) is 4.31 Å². The lowest BCUT2D eigenvalue weighted by atomic mass is 10.1. The summed E-state index contributed by atoms with van der Waals surface area (Å²) >= 11 is 0. The maximum atomic E-state index is 13.1. The predicted octanol–water partition coefficient (Wildman–Crippen LogP) is 4.01. The second kappa shape index (κ2) is 11.3. The number of Topliss-reactive ketones (excluding diaryl/α,β-unsaturated/α-hetero) is 1. The van der Waals surface area contributed by atoms with E-state index in [0.717, 1.165) is 0 Å². The largest absolute Gasteiger partial charge is 0.497 e. The van der Waals surface area contributed by atoms with E-state index in [2.05, 4.69) is 10.6 Å². The van der Waals surface area contributed by atoms with Crippen molar-refractivity contribution in [3.05, 3.63) is 84.1 Å². The minimum Gasteiger partial charge on any atom is -0.497 e. The van der Waals surface area contributed by atoms with Crippen molar-refractivity contribution in [1.29, 1.82) is 0 Å². The Morgan fingerprint density at radius 2 is 1.64 bits per heavy atom. The van der Waals surface area contributed by atoms with Crippen LogP contribution in [0, 0.1) is 0 Å². The van der Waals surface area contributed by atoms with E-state index in [0.29, 0.717) is 60.0 Å². The van der Waals surface area contributed by atoms with Crippen molar-refractivity contribution in [1.82, 2.24) is 4.31 Å². The van der Waals surface area contributed by atoms with Gasteiger partial charge in [0.15, 0.2) is 5.78 Å². The number of morpholine rings is 1. The Labute approximate surface area is 225 Å². The monoisotopic (exact) mass is 549 g/mol. The van der Waals surface area contributed by atoms with Crippen LogP contribution in [0.4, 0.5) is 11.4 Å². The number of nitrogens with zero attached hydrogens (tertiary/aromatic N) is 1. The lowest BCUT2D eigenvalue weighted by Crippen LogP contribution is -2.40. The lowest BCUT2D eigenvalue weighted by Gasteiger charge is -2.26. The van der Waals surface area contributed by atoms with Crippen LogP contribution >= 0.6 is 0 Å². The highest BCUT2D eigenvalue weighted by Crippen LogP contribution is 2.31. The molecule has 0 radical (unpaired) electrons. The number of carbonyl (C=O) groups is 2. The van der Waals surface area contributed by atoms with E-state index >= 15 is 0 Å². The van der Waals surface area contributed by atoms with Crippen LogP contribution in [-0.2, 0) is 14.8 Å². The van der Waals surface area contributed by atoms with Crippen molar-refractivity contribution in [2.24, 2.45) is 0 Å². The van der Waals surface area contributed by atoms with Gasteiger partial charge < -0.3 is 24.5 Å². The van der Waals surface area contributed by atoms with Crippen molar-refractivity contribution in [2.45, 2.75) is 4.90 Å². The summed E-state index contributed by atoms with van der Waals surface area (Å²) in [5.41, 5.74) is 1.76. The van der Waals surface area contributed by atoms with Crippen LogP contribution in [0.1, 0.15) is 20.9 Å². The second-order valence-corrected chi connectivity index (χ2v) is 10.7. The number of para-hydroxylation sites is 1. The molecule has 39 heavy (non-hydrogen) atoms. The van der Waals surface area contributed by atoms with Crippen LogP contribution in [0.25, 0.3) is 11.0 Å². The van der Waals surface area contributed by atoms with Gasteiger partial charge in [0.2, 0.25) is 15.8 Å². The van der Waals surface area contributed by atoms with Gasteiger partial charge in [-0.3, -0.25) is 9.59 Å². The highest BCUT2D eigenvalue weighted by atomic mass is 32.2. The fourth-order valence-corrected chi connectivity index (χ4v) is 5.67. The highest BCUT2D eigenvalue weighted by molar-refractivity contribution is 7.89. The van der Waals surface area contributed by atoms with Crippen LogP contribution < -0.4 is 15.4 Å². The molecule has 0 saturated carbocycles. The van der Waals surface area contributed by atoms with Crippen molar-refractivity contribution in [3.63, 3.8) is 0 Å². The number of nitrogens with one attached hydrogen (secondary N) is 2. The molecule has 4 aromatic rings. The van der Waals surface area contributed by atoms with Gasteiger partial charge in [-0.25, -0.2) is 8.42 Å². The minimum atomic E-state index is -3.66. The van der Waals surface area contributed by atoms with Crippen LogP contribution in [0.3, 0.4) is 0 Å². The number of anilines is 2. The molecule has 0 aliphatic carbocycles. The number of fused-ring (bicyclic) bond motifs is 1. The average Bonchev–Trinajstić information content (AvgIpc) is 3.35. The number of rotatable bonds is 9. The molecular formula is C28H27N3O7S. The topological polar surface area (TPSA) is 127 Å². The van der Waals surface area contributed by atoms with Gasteiger partial charge in [-0.05, 0) is 60.7 Å². The second-order valence-electron chi connectivity index (χ2n) is 8.80. The van der Waals surface area contributed by atoms with Crippen LogP contribution in [0.15, 0.2) is 82.1 Å². The molecule has 3 aromatic carbocycles. The molecule has 0 unspecified atom stereocenters. The third-order valence-corrected chi connectivity index (χ3v) is 8.27. The number of carbonyl (C=O) groups excluding carboxylic acids is 2. The molecule has 1 fully saturated rings. The Balaban J connectivity index is 1.32. The standard InChI is InChI=1S/C28H27N3O7S/c1-36-21-10-8-20(9-11-21)30-28(33)27-26(23-4-2-3-5-25(23)38-27)29-18-24(32)19-6-12-22(13-7-19)39(34,35)31-14-16-37-17-15-31/h2-13,29H,14-18H2,1H3,(H,30,33). The van der Waals surface area contributed by atoms with Crippen molar-refractivity contribution < 1.29 is 31.9 Å². The molecule has 5 rings (SSSR count). The maximum absolute atomic E-state index is 13.1. The van der Waals surface area contributed by atoms with E-state index in [-0.39, 0.29) is 23.0 Å². The summed E-state index contributed by atoms with van der Waals surface area (Å²) in [6, 6.07) is 19.8. The number of hydrogen-bond donors (Lipinski definition) is 2. The van der Waals surface area contributed by atoms with Crippen LogP contribution in [0.5, 0.6) is 5.75 Å². The van der Waals surface area contributed by atoms with Gasteiger partial charge in [-0.15, -0.1) is 0 Å². The molecule has 1 aliphatic rings. The molecular weight excluding hydrogens is 522 g/mol. The van der Waals surface area contributed by atoms with Gasteiger partial charge in [0.1, 0.15) is 11.3 Å². The number of ketones is 1. The van der Waals surface area contributed by atoms with E-state index in [1.807, 2.05) is 6.07 Å². The molecule has 2 heterocycles. The van der Waals surface area contributed by atoms with E-state index < -0.39 is 15.9 Å². The number of hydrogen-bond acceptors (Lipinski definition) is 8. The Morgan fingerprint density at radius 1 is 0.949 bits per heavy atom. The van der Waals surface area contributed by atoms with Gasteiger partial charge in [0, 0.05) is 29.7 Å². The smallest absolute Gasteiger partial charge is 0.293 e. The molecule has 1 saturated heterocycles. The third-order valence-electron chi connectivity index (χ3n) is 6.36. The van der Waals surface area contributed by atoms with E-state index in [1.165, 1.54) is 28.6 Å². The lowest BCUT2D eigenvalue weighted by molar-refractivity contribution is 0.0730. The summed E-state index contributed by atoms with van der Waals surface area (Å²) in [4.78, 5) is 26.2. The number of furan rings is 1. The number of methoxy groups -OCH3 is 1. The van der Waals surface area contributed by atoms with Gasteiger partial charge in [0.25, 0.3) is 5.91 Å². The van der Waals surface area contributed by atoms with Crippen molar-refractivity contribution >= 4 is 44.1 Å². The first-order valence-corrected chi connectivity index (χ1v) is 13.7. The normalized spacial score (nSPS) is 14.2.